The van der Waals surface area contributed by atoms with Crippen molar-refractivity contribution >= 4 is 45.6 Å². The van der Waals surface area contributed by atoms with Gasteiger partial charge < -0.3 is 21.4 Å². The molecule has 1 amide bonds. The van der Waals surface area contributed by atoms with Crippen LogP contribution >= 0.6 is 27.5 Å². The maximum atomic E-state index is 13.0. The number of carbonyl (C=O) groups excluding carboxylic acids is 1. The van der Waals surface area contributed by atoms with Crippen molar-refractivity contribution < 1.29 is 4.79 Å². The van der Waals surface area contributed by atoms with Gasteiger partial charge in [0.05, 0.1) is 11.7 Å². The van der Waals surface area contributed by atoms with Gasteiger partial charge in [-0.25, -0.2) is 0 Å². The summed E-state index contributed by atoms with van der Waals surface area (Å²) in [5.74, 6) is 0.834. The van der Waals surface area contributed by atoms with Crippen molar-refractivity contribution in [2.75, 3.05) is 32.7 Å². The summed E-state index contributed by atoms with van der Waals surface area (Å²) in [7, 11) is 0. The first-order valence-corrected chi connectivity index (χ1v) is 16.4. The van der Waals surface area contributed by atoms with E-state index in [1.165, 1.54) is 29.3 Å². The third-order valence-corrected chi connectivity index (χ3v) is 8.74. The number of fused-ring (bicyclic) bond motifs is 2. The lowest BCUT2D eigenvalue weighted by molar-refractivity contribution is -0.126. The molecular weight excluding hydrogens is 614 g/mol. The molecule has 2 aliphatic heterocycles. The van der Waals surface area contributed by atoms with Gasteiger partial charge in [0.25, 0.3) is 0 Å². The van der Waals surface area contributed by atoms with E-state index >= 15 is 0 Å². The maximum absolute atomic E-state index is 13.0. The van der Waals surface area contributed by atoms with Gasteiger partial charge in [-0.3, -0.25) is 20.1 Å². The number of halogens is 2. The first-order valence-electron chi connectivity index (χ1n) is 15.2. The normalized spacial score (nSPS) is 19.1. The number of piperidine rings is 2. The molecule has 8 nitrogen and oxygen atoms in total. The summed E-state index contributed by atoms with van der Waals surface area (Å²) < 4.78 is 1.01. The van der Waals surface area contributed by atoms with Crippen molar-refractivity contribution in [3.63, 3.8) is 0 Å². The van der Waals surface area contributed by atoms with Gasteiger partial charge in [-0.15, -0.1) is 0 Å². The molecule has 1 aliphatic carbocycles. The second-order valence-corrected chi connectivity index (χ2v) is 12.7. The molecule has 3 heterocycles. The Balaban J connectivity index is 0.000000745. The second-order valence-electron chi connectivity index (χ2n) is 11.3. The van der Waals surface area contributed by atoms with Crippen molar-refractivity contribution in [3.05, 3.63) is 62.3 Å². The van der Waals surface area contributed by atoms with Crippen LogP contribution in [0.3, 0.4) is 0 Å². The molecule has 2 saturated heterocycles. The molecule has 2 fully saturated rings. The maximum Gasteiger partial charge on any atom is 0.223 e. The van der Waals surface area contributed by atoms with Crippen LogP contribution in [-0.2, 0) is 17.6 Å². The summed E-state index contributed by atoms with van der Waals surface area (Å²) in [6, 6.07) is 8.53. The molecule has 0 spiro atoms. The molecule has 0 bridgehead atoms. The van der Waals surface area contributed by atoms with Crippen LogP contribution in [0.15, 0.2) is 34.9 Å². The average molecular weight is 661 g/mol. The van der Waals surface area contributed by atoms with Crippen LogP contribution in [0.2, 0.25) is 5.02 Å². The number of aryl methyl sites for hydroxylation is 2. The lowest BCUT2D eigenvalue weighted by Crippen LogP contribution is -2.46. The van der Waals surface area contributed by atoms with Crippen LogP contribution in [0, 0.1) is 22.7 Å². The number of amides is 1. The van der Waals surface area contributed by atoms with Crippen LogP contribution in [-0.4, -0.2) is 65.6 Å². The molecule has 1 unspecified atom stereocenters. The molecule has 3 aliphatic rings. The van der Waals surface area contributed by atoms with E-state index in [0.29, 0.717) is 12.5 Å². The van der Waals surface area contributed by atoms with Gasteiger partial charge in [0.15, 0.2) is 5.96 Å². The van der Waals surface area contributed by atoms with E-state index in [4.69, 9.17) is 33.1 Å². The second kappa shape index (κ2) is 17.0. The number of pyridine rings is 1. The van der Waals surface area contributed by atoms with Gasteiger partial charge in [-0.05, 0) is 121 Å². The number of rotatable bonds is 4. The van der Waals surface area contributed by atoms with Crippen molar-refractivity contribution in [2.45, 2.75) is 71.8 Å². The molecule has 1 aromatic heterocycles. The third kappa shape index (κ3) is 9.25. The molecule has 0 saturated carbocycles. The Labute approximate surface area is 264 Å². The van der Waals surface area contributed by atoms with Gasteiger partial charge in [0.1, 0.15) is 0 Å². The lowest BCUT2D eigenvalue weighted by atomic mass is 9.90. The van der Waals surface area contributed by atoms with E-state index in [1.807, 2.05) is 17.2 Å². The van der Waals surface area contributed by atoms with E-state index < -0.39 is 0 Å². The van der Waals surface area contributed by atoms with Crippen LogP contribution < -0.4 is 11.1 Å². The first kappa shape index (κ1) is 34.0. The number of likely N-dealkylation sites (tertiary alicyclic amines) is 2. The van der Waals surface area contributed by atoms with Gasteiger partial charge in [0, 0.05) is 41.2 Å². The van der Waals surface area contributed by atoms with Crippen molar-refractivity contribution in [1.82, 2.24) is 20.1 Å². The number of carbonyl (C=O) groups is 1. The Morgan fingerprint density at radius 3 is 2.36 bits per heavy atom. The SMILES string of the molecule is CC=N.CCC.N=C(N)N1CCC(CNC(=O)C2CCN(C3c4ccc(Cl)cc4CCc4cc(Br)cnc43)CC2)CC1. The number of hydrogen-bond donors (Lipinski definition) is 4. The molecule has 2 aromatic rings. The highest BCUT2D eigenvalue weighted by Crippen LogP contribution is 2.39. The molecule has 42 heavy (non-hydrogen) atoms. The standard InChI is InChI=1S/C27H34BrClN6O.C3H8.C2H5N/c28-21-13-20-2-1-19-14-22(29)3-4-23(19)25(24(20)32-16-21)34-11-7-18(8-12-34)26(36)33-15-17-5-9-35(10-6-17)27(30)31;1-3-2;1-2-3/h3-4,13-14,16-18,25H,1-2,5-12,15H2,(H3,30,31)(H,33,36);3H2,1-2H3;2-3H,1H3. The predicted octanol–water partition coefficient (Wildman–Crippen LogP) is 6.19. The zero-order valence-electron chi connectivity index (χ0n) is 25.3. The van der Waals surface area contributed by atoms with Crippen LogP contribution in [0.25, 0.3) is 0 Å². The topological polar surface area (TPSA) is 122 Å². The minimum absolute atomic E-state index is 0.0476. The van der Waals surface area contributed by atoms with E-state index in [0.717, 1.165) is 79.9 Å². The number of aromatic nitrogens is 1. The zero-order chi connectivity index (χ0) is 30.6. The summed E-state index contributed by atoms with van der Waals surface area (Å²) in [6.07, 6.45) is 9.91. The first-order chi connectivity index (χ1) is 20.2. The fourth-order valence-electron chi connectivity index (χ4n) is 5.97. The van der Waals surface area contributed by atoms with Crippen LogP contribution in [0.5, 0.6) is 0 Å². The molecule has 5 rings (SSSR count). The molecule has 10 heteroatoms. The summed E-state index contributed by atoms with van der Waals surface area (Å²) in [4.78, 5) is 22.3. The molecule has 0 radical (unpaired) electrons. The Hall–Kier alpha value is -2.49. The van der Waals surface area contributed by atoms with E-state index in [-0.39, 0.29) is 23.8 Å². The minimum Gasteiger partial charge on any atom is -0.370 e. The number of guanidine groups is 1. The fraction of sp³-hybridized carbons (Fsp3) is 0.562. The van der Waals surface area contributed by atoms with Crippen LogP contribution in [0.1, 0.15) is 81.3 Å². The van der Waals surface area contributed by atoms with Gasteiger partial charge in [-0.2, -0.15) is 0 Å². The summed E-state index contributed by atoms with van der Waals surface area (Å²) in [5.41, 5.74) is 10.6. The number of hydrogen-bond acceptors (Lipinski definition) is 5. The Kier molecular flexibility index (Phi) is 13.7. The zero-order valence-corrected chi connectivity index (χ0v) is 27.6. The number of nitrogens with zero attached hydrogens (tertiary/aromatic N) is 3. The number of benzene rings is 1. The lowest BCUT2D eigenvalue weighted by Gasteiger charge is -2.38. The molecule has 1 atom stereocenters. The minimum atomic E-state index is 0.0476. The Morgan fingerprint density at radius 2 is 1.74 bits per heavy atom. The molecule has 230 valence electrons. The quantitative estimate of drug-likeness (QED) is 0.230. The number of nitrogens with one attached hydrogen (secondary N) is 3. The Morgan fingerprint density at radius 1 is 1.12 bits per heavy atom. The molecule has 1 aromatic carbocycles. The predicted molar refractivity (Wildman–Crippen MR) is 177 cm³/mol. The highest BCUT2D eigenvalue weighted by molar-refractivity contribution is 9.10. The number of nitrogens with two attached hydrogens (primary N) is 1. The smallest absolute Gasteiger partial charge is 0.223 e. The largest absolute Gasteiger partial charge is 0.370 e. The fourth-order valence-corrected chi connectivity index (χ4v) is 6.54. The van der Waals surface area contributed by atoms with Crippen molar-refractivity contribution in [1.29, 1.82) is 10.8 Å². The van der Waals surface area contributed by atoms with Gasteiger partial charge >= 0.3 is 0 Å². The van der Waals surface area contributed by atoms with Crippen LogP contribution in [0.4, 0.5) is 0 Å². The summed E-state index contributed by atoms with van der Waals surface area (Å²) >= 11 is 9.96. The summed E-state index contributed by atoms with van der Waals surface area (Å²) in [6.45, 7) is 9.95. The van der Waals surface area contributed by atoms with E-state index in [9.17, 15) is 4.79 Å². The average Bonchev–Trinajstić information content (AvgIpc) is 3.13. The highest BCUT2D eigenvalue weighted by atomic mass is 79.9. The van der Waals surface area contributed by atoms with E-state index in [1.54, 1.807) is 6.92 Å². The highest BCUT2D eigenvalue weighted by Gasteiger charge is 2.34. The molecular formula is C32H47BrClN7O. The van der Waals surface area contributed by atoms with E-state index in [2.05, 4.69) is 58.2 Å². The molecule has 5 N–H and O–H groups in total. The van der Waals surface area contributed by atoms with Gasteiger partial charge in [-0.1, -0.05) is 37.9 Å². The van der Waals surface area contributed by atoms with Crippen molar-refractivity contribution in [2.24, 2.45) is 17.6 Å². The monoisotopic (exact) mass is 659 g/mol. The summed E-state index contributed by atoms with van der Waals surface area (Å²) in [5, 5.41) is 17.7. The van der Waals surface area contributed by atoms with Crippen molar-refractivity contribution in [3.8, 4) is 0 Å². The third-order valence-electron chi connectivity index (χ3n) is 8.08. The Bertz CT molecular complexity index is 1140. The van der Waals surface area contributed by atoms with Gasteiger partial charge in [0.2, 0.25) is 5.91 Å².